The molecule has 1 amide bonds. The number of rotatable bonds is 8. The lowest BCUT2D eigenvalue weighted by Crippen LogP contribution is -2.37. The lowest BCUT2D eigenvalue weighted by molar-refractivity contribution is -0.138. The monoisotopic (exact) mass is 288 g/mol. The Bertz CT molecular complexity index is 517. The number of anilines is 1. The first-order chi connectivity index (χ1) is 10.0. The van der Waals surface area contributed by atoms with Crippen molar-refractivity contribution in [3.05, 3.63) is 29.8 Å². The zero-order chi connectivity index (χ0) is 15.7. The molecule has 0 atom stereocenters. The molecule has 5 heteroatoms. The Hall–Kier alpha value is -2.32. The minimum Gasteiger partial charge on any atom is -0.480 e. The third kappa shape index (κ3) is 6.59. The van der Waals surface area contributed by atoms with Gasteiger partial charge < -0.3 is 10.4 Å². The van der Waals surface area contributed by atoms with Gasteiger partial charge in [-0.1, -0.05) is 31.4 Å². The summed E-state index contributed by atoms with van der Waals surface area (Å²) in [5.41, 5.74) is 1.91. The van der Waals surface area contributed by atoms with Crippen LogP contribution in [0.3, 0.4) is 0 Å². The van der Waals surface area contributed by atoms with Gasteiger partial charge >= 0.3 is 5.97 Å². The normalized spacial score (nSPS) is 10.1. The number of hydrogen-bond donors (Lipinski definition) is 2. The van der Waals surface area contributed by atoms with Gasteiger partial charge in [0.2, 0.25) is 5.91 Å². The van der Waals surface area contributed by atoms with Gasteiger partial charge in [-0.15, -0.1) is 6.42 Å². The highest BCUT2D eigenvalue weighted by molar-refractivity contribution is 5.92. The fourth-order valence-corrected chi connectivity index (χ4v) is 1.94. The topological polar surface area (TPSA) is 69.6 Å². The summed E-state index contributed by atoms with van der Waals surface area (Å²) in [6.07, 6.45) is 7.24. The number of aliphatic carboxylic acids is 1. The molecule has 0 aliphatic heterocycles. The number of carbonyl (C=O) groups is 2. The average molecular weight is 288 g/mol. The molecule has 0 saturated carbocycles. The van der Waals surface area contributed by atoms with Crippen LogP contribution in [0.2, 0.25) is 0 Å². The van der Waals surface area contributed by atoms with Gasteiger partial charge in [-0.25, -0.2) is 0 Å². The van der Waals surface area contributed by atoms with Crippen molar-refractivity contribution in [1.82, 2.24) is 4.90 Å². The van der Waals surface area contributed by atoms with Crippen molar-refractivity contribution in [3.8, 4) is 12.3 Å². The molecule has 0 fully saturated rings. The van der Waals surface area contributed by atoms with Crippen LogP contribution in [-0.4, -0.2) is 41.5 Å². The predicted molar refractivity (Wildman–Crippen MR) is 82.0 cm³/mol. The summed E-state index contributed by atoms with van der Waals surface area (Å²) < 4.78 is 0. The molecule has 1 aromatic rings. The van der Waals surface area contributed by atoms with E-state index in [-0.39, 0.29) is 25.5 Å². The number of terminal acetylenes is 1. The maximum absolute atomic E-state index is 11.9. The molecule has 1 rings (SSSR count). The van der Waals surface area contributed by atoms with E-state index in [9.17, 15) is 9.59 Å². The molecule has 2 N–H and O–H groups in total. The van der Waals surface area contributed by atoms with Crippen LogP contribution in [-0.2, 0) is 16.0 Å². The summed E-state index contributed by atoms with van der Waals surface area (Å²) in [6.45, 7) is 1.92. The molecule has 1 aromatic carbocycles. The molecule has 0 saturated heterocycles. The van der Waals surface area contributed by atoms with Crippen molar-refractivity contribution in [1.29, 1.82) is 0 Å². The number of carboxylic acid groups (broad SMARTS) is 1. The largest absolute Gasteiger partial charge is 0.480 e. The first-order valence-electron chi connectivity index (χ1n) is 6.81. The molecular formula is C16H20N2O3. The number of aryl methyl sites for hydroxylation is 1. The number of benzene rings is 1. The van der Waals surface area contributed by atoms with Crippen molar-refractivity contribution in [2.75, 3.05) is 25.0 Å². The summed E-state index contributed by atoms with van der Waals surface area (Å²) in [5, 5.41) is 11.5. The summed E-state index contributed by atoms with van der Waals surface area (Å²) in [5.74, 6) is 1.05. The molecular weight excluding hydrogens is 268 g/mol. The quantitative estimate of drug-likeness (QED) is 0.713. The van der Waals surface area contributed by atoms with Crippen molar-refractivity contribution in [3.63, 3.8) is 0 Å². The van der Waals surface area contributed by atoms with Gasteiger partial charge in [0.15, 0.2) is 0 Å². The minimum absolute atomic E-state index is 0.0484. The summed E-state index contributed by atoms with van der Waals surface area (Å²) in [6, 6.07) is 7.61. The van der Waals surface area contributed by atoms with E-state index in [2.05, 4.69) is 18.2 Å². The highest BCUT2D eigenvalue weighted by atomic mass is 16.4. The molecule has 0 aliphatic carbocycles. The van der Waals surface area contributed by atoms with Crippen molar-refractivity contribution < 1.29 is 14.7 Å². The fraction of sp³-hybridized carbons (Fsp3) is 0.375. The van der Waals surface area contributed by atoms with E-state index in [4.69, 9.17) is 11.5 Å². The average Bonchev–Trinajstić information content (AvgIpc) is 2.40. The SMILES string of the molecule is C#CCN(CC(=O)O)CC(=O)Nc1ccc(CCC)cc1. The zero-order valence-electron chi connectivity index (χ0n) is 12.1. The Morgan fingerprint density at radius 1 is 1.29 bits per heavy atom. The molecule has 0 aliphatic rings. The van der Waals surface area contributed by atoms with E-state index in [1.165, 1.54) is 10.5 Å². The zero-order valence-corrected chi connectivity index (χ0v) is 12.1. The van der Waals surface area contributed by atoms with Crippen molar-refractivity contribution in [2.45, 2.75) is 19.8 Å². The Kier molecular flexibility index (Phi) is 6.99. The summed E-state index contributed by atoms with van der Waals surface area (Å²) >= 11 is 0. The Morgan fingerprint density at radius 3 is 2.48 bits per heavy atom. The number of hydrogen-bond acceptors (Lipinski definition) is 3. The van der Waals surface area contributed by atoms with E-state index in [0.717, 1.165) is 12.8 Å². The first kappa shape index (κ1) is 16.7. The van der Waals surface area contributed by atoms with Crippen molar-refractivity contribution in [2.24, 2.45) is 0 Å². The minimum atomic E-state index is -1.01. The summed E-state index contributed by atoms with van der Waals surface area (Å²) in [7, 11) is 0. The molecule has 0 radical (unpaired) electrons. The maximum Gasteiger partial charge on any atom is 0.317 e. The molecule has 0 heterocycles. The Morgan fingerprint density at radius 2 is 1.95 bits per heavy atom. The van der Waals surface area contributed by atoms with Gasteiger partial charge in [0, 0.05) is 5.69 Å². The second kappa shape index (κ2) is 8.77. The molecule has 21 heavy (non-hydrogen) atoms. The van der Waals surface area contributed by atoms with E-state index in [1.54, 1.807) is 0 Å². The third-order valence-electron chi connectivity index (χ3n) is 2.82. The second-order valence-electron chi connectivity index (χ2n) is 4.74. The molecule has 0 spiro atoms. The van der Waals surface area contributed by atoms with Crippen molar-refractivity contribution >= 4 is 17.6 Å². The van der Waals surface area contributed by atoms with E-state index in [0.29, 0.717) is 5.69 Å². The lowest BCUT2D eigenvalue weighted by Gasteiger charge is -2.16. The number of carboxylic acids is 1. The van der Waals surface area contributed by atoms with E-state index >= 15 is 0 Å². The molecule has 0 aromatic heterocycles. The van der Waals surface area contributed by atoms with Gasteiger partial charge in [-0.2, -0.15) is 0 Å². The maximum atomic E-state index is 11.9. The third-order valence-corrected chi connectivity index (χ3v) is 2.82. The van der Waals surface area contributed by atoms with Crippen LogP contribution in [0.4, 0.5) is 5.69 Å². The highest BCUT2D eigenvalue weighted by Crippen LogP contribution is 2.11. The number of amides is 1. The predicted octanol–water partition coefficient (Wildman–Crippen LogP) is 1.60. The second-order valence-corrected chi connectivity index (χ2v) is 4.74. The Balaban J connectivity index is 2.55. The summed E-state index contributed by atoms with van der Waals surface area (Å²) in [4.78, 5) is 23.9. The smallest absolute Gasteiger partial charge is 0.317 e. The number of carbonyl (C=O) groups excluding carboxylic acids is 1. The molecule has 0 bridgehead atoms. The van der Waals surface area contributed by atoms with Crippen LogP contribution >= 0.6 is 0 Å². The van der Waals surface area contributed by atoms with Crippen LogP contribution in [0.1, 0.15) is 18.9 Å². The van der Waals surface area contributed by atoms with Crippen LogP contribution in [0.25, 0.3) is 0 Å². The molecule has 5 nitrogen and oxygen atoms in total. The van der Waals surface area contributed by atoms with Crippen LogP contribution in [0.5, 0.6) is 0 Å². The van der Waals surface area contributed by atoms with Gasteiger partial charge in [0.25, 0.3) is 0 Å². The van der Waals surface area contributed by atoms with Gasteiger partial charge in [0.1, 0.15) is 0 Å². The van der Waals surface area contributed by atoms with Crippen LogP contribution < -0.4 is 5.32 Å². The van der Waals surface area contributed by atoms with E-state index in [1.807, 2.05) is 24.3 Å². The van der Waals surface area contributed by atoms with E-state index < -0.39 is 5.97 Å². The van der Waals surface area contributed by atoms with Crippen LogP contribution in [0, 0.1) is 12.3 Å². The number of nitrogens with zero attached hydrogens (tertiary/aromatic N) is 1. The molecule has 0 unspecified atom stereocenters. The fourth-order valence-electron chi connectivity index (χ4n) is 1.94. The molecule has 112 valence electrons. The lowest BCUT2D eigenvalue weighted by atomic mass is 10.1. The Labute approximate surface area is 125 Å². The van der Waals surface area contributed by atoms with Gasteiger partial charge in [0.05, 0.1) is 19.6 Å². The van der Waals surface area contributed by atoms with Crippen LogP contribution in [0.15, 0.2) is 24.3 Å². The van der Waals surface area contributed by atoms with Gasteiger partial charge in [-0.05, 0) is 24.1 Å². The standard InChI is InChI=1S/C16H20N2O3/c1-3-5-13-6-8-14(9-7-13)17-15(19)11-18(10-4-2)12-16(20)21/h2,6-9H,3,5,10-12H2,1H3,(H,17,19)(H,20,21). The van der Waals surface area contributed by atoms with Gasteiger partial charge in [-0.3, -0.25) is 14.5 Å². The number of nitrogens with one attached hydrogen (secondary N) is 1. The highest BCUT2D eigenvalue weighted by Gasteiger charge is 2.13. The first-order valence-corrected chi connectivity index (χ1v) is 6.81.